The van der Waals surface area contributed by atoms with Crippen molar-refractivity contribution in [3.8, 4) is 0 Å². The average Bonchev–Trinajstić information content (AvgIpc) is 2.81. The predicted octanol–water partition coefficient (Wildman–Crippen LogP) is 1.83. The molecule has 0 atom stereocenters. The summed E-state index contributed by atoms with van der Waals surface area (Å²) in [6.45, 7) is 4.29. The maximum Gasteiger partial charge on any atom is 0.321 e. The van der Waals surface area contributed by atoms with E-state index in [-0.39, 0.29) is 11.7 Å². The van der Waals surface area contributed by atoms with Crippen LogP contribution in [0.5, 0.6) is 0 Å². The van der Waals surface area contributed by atoms with Crippen molar-refractivity contribution >= 4 is 46.8 Å². The lowest BCUT2D eigenvalue weighted by Crippen LogP contribution is -2.38. The molecule has 1 rings (SSSR count). The lowest BCUT2D eigenvalue weighted by molar-refractivity contribution is -0.117. The molecule has 0 aliphatic heterocycles. The monoisotopic (exact) mass is 320 g/mol. The molecule has 9 heteroatoms. The maximum absolute atomic E-state index is 11.4. The van der Waals surface area contributed by atoms with Gasteiger partial charge in [0.2, 0.25) is 5.91 Å². The molecular weight excluding hydrogens is 304 g/mol. The van der Waals surface area contributed by atoms with Gasteiger partial charge >= 0.3 is 6.03 Å². The molecule has 0 radical (unpaired) electrons. The van der Waals surface area contributed by atoms with Crippen LogP contribution >= 0.6 is 34.9 Å². The number of aromatic nitrogens is 2. The third kappa shape index (κ3) is 6.79. The molecule has 0 aromatic carbocycles. The minimum Gasteiger partial charge on any atom is -0.341 e. The molecular formula is C10H16N4O2S3. The number of urea groups is 1. The van der Waals surface area contributed by atoms with Crippen LogP contribution in [0.2, 0.25) is 0 Å². The van der Waals surface area contributed by atoms with Crippen LogP contribution in [0.15, 0.2) is 8.68 Å². The Bertz CT molecular complexity index is 436. The minimum atomic E-state index is -0.504. The number of thioether (sulfide) groups is 2. The third-order valence-corrected chi connectivity index (χ3v) is 5.35. The van der Waals surface area contributed by atoms with E-state index in [1.807, 2.05) is 0 Å². The lowest BCUT2D eigenvalue weighted by atomic mass is 10.3. The van der Waals surface area contributed by atoms with E-state index in [2.05, 4.69) is 34.7 Å². The zero-order valence-electron chi connectivity index (χ0n) is 10.9. The molecule has 0 aliphatic rings. The Kier molecular flexibility index (Phi) is 7.17. The molecule has 6 nitrogen and oxygen atoms in total. The van der Waals surface area contributed by atoms with Crippen LogP contribution in [0.25, 0.3) is 0 Å². The van der Waals surface area contributed by atoms with Gasteiger partial charge in [-0.2, -0.15) is 0 Å². The number of hydrogen-bond donors (Lipinski definition) is 2. The largest absolute Gasteiger partial charge is 0.341 e. The molecule has 2 N–H and O–H groups in total. The number of imide groups is 1. The van der Waals surface area contributed by atoms with E-state index >= 15 is 0 Å². The second kappa shape index (κ2) is 8.39. The highest BCUT2D eigenvalue weighted by atomic mass is 32.2. The molecule has 0 saturated carbocycles. The number of hydrogen-bond acceptors (Lipinski definition) is 7. The first-order valence-corrected chi connectivity index (χ1v) is 8.40. The zero-order valence-corrected chi connectivity index (χ0v) is 13.4. The topological polar surface area (TPSA) is 84.0 Å². The van der Waals surface area contributed by atoms with Crippen molar-refractivity contribution in [2.24, 2.45) is 5.92 Å². The van der Waals surface area contributed by atoms with Crippen molar-refractivity contribution < 1.29 is 9.59 Å². The fraction of sp³-hybridized carbons (Fsp3) is 0.600. The summed E-state index contributed by atoms with van der Waals surface area (Å²) < 4.78 is 1.64. The summed E-state index contributed by atoms with van der Waals surface area (Å²) in [5.41, 5.74) is 0. The van der Waals surface area contributed by atoms with E-state index in [0.717, 1.165) is 14.4 Å². The normalized spacial score (nSPS) is 10.5. The van der Waals surface area contributed by atoms with Gasteiger partial charge in [-0.05, 0) is 5.92 Å². The summed E-state index contributed by atoms with van der Waals surface area (Å²) in [7, 11) is 1.46. The van der Waals surface area contributed by atoms with E-state index in [9.17, 15) is 9.59 Å². The molecule has 106 valence electrons. The smallest absolute Gasteiger partial charge is 0.321 e. The van der Waals surface area contributed by atoms with Gasteiger partial charge in [0.25, 0.3) is 0 Å². The number of rotatable bonds is 6. The number of amides is 3. The van der Waals surface area contributed by atoms with Crippen molar-refractivity contribution in [2.45, 2.75) is 22.5 Å². The van der Waals surface area contributed by atoms with E-state index in [1.54, 1.807) is 11.8 Å². The Morgan fingerprint density at radius 1 is 1.26 bits per heavy atom. The highest BCUT2D eigenvalue weighted by molar-refractivity contribution is 8.03. The molecule has 0 saturated heterocycles. The fourth-order valence-corrected chi connectivity index (χ4v) is 3.70. The quantitative estimate of drug-likeness (QED) is 0.778. The molecule has 0 aliphatic carbocycles. The van der Waals surface area contributed by atoms with E-state index in [0.29, 0.717) is 5.92 Å². The van der Waals surface area contributed by atoms with E-state index in [1.165, 1.54) is 30.1 Å². The maximum atomic E-state index is 11.4. The van der Waals surface area contributed by atoms with Gasteiger partial charge in [-0.15, -0.1) is 10.2 Å². The summed E-state index contributed by atoms with van der Waals surface area (Å²) in [5.74, 6) is 1.40. The summed E-state index contributed by atoms with van der Waals surface area (Å²) in [4.78, 5) is 22.3. The van der Waals surface area contributed by atoms with Gasteiger partial charge in [0.1, 0.15) is 0 Å². The molecule has 1 heterocycles. The molecule has 19 heavy (non-hydrogen) atoms. The van der Waals surface area contributed by atoms with Crippen molar-refractivity contribution in [2.75, 3.05) is 18.6 Å². The Labute approximate surface area is 124 Å². The molecule has 0 spiro atoms. The number of nitrogens with zero attached hydrogens (tertiary/aromatic N) is 2. The van der Waals surface area contributed by atoms with Crippen LogP contribution in [0, 0.1) is 5.92 Å². The zero-order chi connectivity index (χ0) is 14.3. The first kappa shape index (κ1) is 16.3. The van der Waals surface area contributed by atoms with Crippen LogP contribution in [0.1, 0.15) is 13.8 Å². The highest BCUT2D eigenvalue weighted by Crippen LogP contribution is 2.29. The molecule has 0 fully saturated rings. The Morgan fingerprint density at radius 3 is 2.47 bits per heavy atom. The highest BCUT2D eigenvalue weighted by Gasteiger charge is 2.10. The van der Waals surface area contributed by atoms with Crippen LogP contribution in [0.3, 0.4) is 0 Å². The minimum absolute atomic E-state index is 0.150. The van der Waals surface area contributed by atoms with E-state index in [4.69, 9.17) is 0 Å². The van der Waals surface area contributed by atoms with Gasteiger partial charge in [0, 0.05) is 12.8 Å². The van der Waals surface area contributed by atoms with Gasteiger partial charge in [0.05, 0.1) is 5.75 Å². The Balaban J connectivity index is 2.33. The van der Waals surface area contributed by atoms with Gasteiger partial charge in [-0.1, -0.05) is 48.7 Å². The SMILES string of the molecule is CNC(=O)NC(=O)CSc1nnc(SCC(C)C)s1. The number of nitrogens with one attached hydrogen (secondary N) is 2. The van der Waals surface area contributed by atoms with Crippen LogP contribution in [-0.2, 0) is 4.79 Å². The van der Waals surface area contributed by atoms with Crippen molar-refractivity contribution in [1.29, 1.82) is 0 Å². The summed E-state index contributed by atoms with van der Waals surface area (Å²) in [6.07, 6.45) is 0. The molecule has 0 unspecified atom stereocenters. The van der Waals surface area contributed by atoms with Crippen molar-refractivity contribution in [3.05, 3.63) is 0 Å². The van der Waals surface area contributed by atoms with Gasteiger partial charge < -0.3 is 5.32 Å². The van der Waals surface area contributed by atoms with Gasteiger partial charge in [-0.25, -0.2) is 4.79 Å². The standard InChI is InChI=1S/C10H16N4O2S3/c1-6(2)4-17-9-13-14-10(19-9)18-5-7(15)12-8(16)11-3/h6H,4-5H2,1-3H3,(H2,11,12,15,16). The van der Waals surface area contributed by atoms with Crippen molar-refractivity contribution in [3.63, 3.8) is 0 Å². The summed E-state index contributed by atoms with van der Waals surface area (Å²) >= 11 is 4.41. The third-order valence-electron chi connectivity index (χ3n) is 1.73. The fourth-order valence-electron chi connectivity index (χ4n) is 0.904. The number of carbonyl (C=O) groups excluding carboxylic acids is 2. The van der Waals surface area contributed by atoms with Crippen LogP contribution < -0.4 is 10.6 Å². The first-order chi connectivity index (χ1) is 9.01. The number of carbonyl (C=O) groups is 2. The molecule has 0 bridgehead atoms. The Morgan fingerprint density at radius 2 is 1.89 bits per heavy atom. The van der Waals surface area contributed by atoms with E-state index < -0.39 is 6.03 Å². The first-order valence-electron chi connectivity index (χ1n) is 5.62. The second-order valence-corrected chi connectivity index (χ2v) is 7.42. The second-order valence-electron chi connectivity index (χ2n) is 3.95. The molecule has 1 aromatic rings. The van der Waals surface area contributed by atoms with Gasteiger partial charge in [0.15, 0.2) is 8.68 Å². The van der Waals surface area contributed by atoms with Gasteiger partial charge in [-0.3, -0.25) is 10.1 Å². The predicted molar refractivity (Wildman–Crippen MR) is 78.8 cm³/mol. The van der Waals surface area contributed by atoms with Crippen LogP contribution in [-0.4, -0.2) is 40.7 Å². The molecule has 1 aromatic heterocycles. The van der Waals surface area contributed by atoms with Crippen molar-refractivity contribution in [1.82, 2.24) is 20.8 Å². The lowest BCUT2D eigenvalue weighted by Gasteiger charge is -2.00. The Hall–Kier alpha value is -0.800. The van der Waals surface area contributed by atoms with Crippen LogP contribution in [0.4, 0.5) is 4.79 Å². The summed E-state index contributed by atoms with van der Waals surface area (Å²) in [5, 5.41) is 12.5. The average molecular weight is 320 g/mol. The summed E-state index contributed by atoms with van der Waals surface area (Å²) in [6, 6.07) is -0.504. The molecule has 3 amide bonds.